The molecule has 0 bridgehead atoms. The Hall–Kier alpha value is -1.64. The van der Waals surface area contributed by atoms with E-state index in [1.54, 1.807) is 18.7 Å². The molecule has 0 aliphatic rings. The van der Waals surface area contributed by atoms with Crippen LogP contribution in [0.15, 0.2) is 42.0 Å². The van der Waals surface area contributed by atoms with E-state index in [1.165, 1.54) is 0 Å². The molecule has 7 heteroatoms. The Labute approximate surface area is 135 Å². The highest BCUT2D eigenvalue weighted by Gasteiger charge is 1.99. The molecule has 2 rings (SSSR count). The third-order valence-corrected chi connectivity index (χ3v) is 2.57. The lowest BCUT2D eigenvalue weighted by atomic mass is 10.2. The summed E-state index contributed by atoms with van der Waals surface area (Å²) in [5, 5.41) is 3.04. The fraction of sp³-hybridized carbons (Fsp3) is 0.308. The number of pyridine rings is 1. The molecule has 0 fully saturated rings. The van der Waals surface area contributed by atoms with Gasteiger partial charge in [0.2, 0.25) is 0 Å². The first kappa shape index (κ1) is 16.4. The topological polar surface area (TPSA) is 81.1 Å². The van der Waals surface area contributed by atoms with Crippen LogP contribution in [-0.4, -0.2) is 27.0 Å². The maximum Gasteiger partial charge on any atom is 0.188 e. The van der Waals surface area contributed by atoms with Gasteiger partial charge in [-0.25, -0.2) is 15.0 Å². The minimum absolute atomic E-state index is 0. The summed E-state index contributed by atoms with van der Waals surface area (Å²) in [6.45, 7) is 3.46. The van der Waals surface area contributed by atoms with Crippen LogP contribution >= 0.6 is 24.0 Å². The van der Waals surface area contributed by atoms with E-state index in [4.69, 9.17) is 5.73 Å². The predicted octanol–water partition coefficient (Wildman–Crippen LogP) is 1.70. The summed E-state index contributed by atoms with van der Waals surface area (Å²) >= 11 is 0. The van der Waals surface area contributed by atoms with Crippen molar-refractivity contribution in [2.24, 2.45) is 10.7 Å². The molecule has 108 valence electrons. The molecule has 0 radical (unpaired) electrons. The van der Waals surface area contributed by atoms with Crippen molar-refractivity contribution < 1.29 is 0 Å². The Kier molecular flexibility index (Phi) is 6.99. The van der Waals surface area contributed by atoms with Crippen molar-refractivity contribution in [1.29, 1.82) is 0 Å². The lowest BCUT2D eigenvalue weighted by molar-refractivity contribution is 0.825. The van der Waals surface area contributed by atoms with Crippen molar-refractivity contribution in [3.05, 3.63) is 42.6 Å². The molecule has 0 saturated carbocycles. The molecular formula is C13H19IN6. The highest BCUT2D eigenvalue weighted by atomic mass is 127. The van der Waals surface area contributed by atoms with Crippen LogP contribution in [0, 0.1) is 0 Å². The van der Waals surface area contributed by atoms with Crippen molar-refractivity contribution in [1.82, 2.24) is 19.9 Å². The van der Waals surface area contributed by atoms with Crippen molar-refractivity contribution in [2.45, 2.75) is 19.9 Å². The van der Waals surface area contributed by atoms with Crippen LogP contribution in [-0.2, 0) is 6.54 Å². The molecule has 0 unspecified atom stereocenters. The molecule has 0 aliphatic heterocycles. The number of guanidine groups is 1. The van der Waals surface area contributed by atoms with E-state index in [1.807, 2.05) is 22.9 Å². The average Bonchev–Trinajstić information content (AvgIpc) is 2.97. The molecule has 0 amide bonds. The zero-order valence-corrected chi connectivity index (χ0v) is 13.7. The summed E-state index contributed by atoms with van der Waals surface area (Å²) in [6.07, 6.45) is 8.07. The average molecular weight is 386 g/mol. The summed E-state index contributed by atoms with van der Waals surface area (Å²) in [6, 6.07) is 3.90. The van der Waals surface area contributed by atoms with Gasteiger partial charge in [0.1, 0.15) is 12.1 Å². The molecule has 2 aromatic heterocycles. The van der Waals surface area contributed by atoms with Crippen molar-refractivity contribution in [3.63, 3.8) is 0 Å². The first-order valence-corrected chi connectivity index (χ1v) is 6.26. The molecule has 2 heterocycles. The maximum atomic E-state index is 5.75. The van der Waals surface area contributed by atoms with Crippen molar-refractivity contribution in [2.75, 3.05) is 6.54 Å². The van der Waals surface area contributed by atoms with E-state index in [0.717, 1.165) is 24.3 Å². The number of aromatic nitrogens is 3. The number of nitrogens with zero attached hydrogens (tertiary/aromatic N) is 4. The van der Waals surface area contributed by atoms with Gasteiger partial charge < -0.3 is 11.1 Å². The van der Waals surface area contributed by atoms with Crippen LogP contribution in [0.1, 0.15) is 18.9 Å². The van der Waals surface area contributed by atoms with Crippen LogP contribution in [0.2, 0.25) is 0 Å². The van der Waals surface area contributed by atoms with Gasteiger partial charge in [0.25, 0.3) is 0 Å². The Morgan fingerprint density at radius 1 is 1.45 bits per heavy atom. The van der Waals surface area contributed by atoms with Crippen LogP contribution < -0.4 is 11.1 Å². The number of hydrogen-bond acceptors (Lipinski definition) is 3. The van der Waals surface area contributed by atoms with Crippen molar-refractivity contribution in [3.8, 4) is 5.82 Å². The third kappa shape index (κ3) is 4.80. The Morgan fingerprint density at radius 2 is 2.30 bits per heavy atom. The Bertz CT molecular complexity index is 538. The SMILES string of the molecule is CCCNC(N)=NCc1ccnc(-n2ccnc2)c1.I. The first-order valence-electron chi connectivity index (χ1n) is 6.26. The summed E-state index contributed by atoms with van der Waals surface area (Å²) in [5.41, 5.74) is 6.80. The van der Waals surface area contributed by atoms with Gasteiger partial charge in [0.05, 0.1) is 6.54 Å². The maximum absolute atomic E-state index is 5.75. The van der Waals surface area contributed by atoms with Gasteiger partial charge in [0, 0.05) is 25.1 Å². The molecule has 6 nitrogen and oxygen atoms in total. The smallest absolute Gasteiger partial charge is 0.188 e. The number of nitrogens with two attached hydrogens (primary N) is 1. The van der Waals surface area contributed by atoms with Gasteiger partial charge in [-0.2, -0.15) is 0 Å². The van der Waals surface area contributed by atoms with E-state index >= 15 is 0 Å². The van der Waals surface area contributed by atoms with Gasteiger partial charge in [-0.1, -0.05) is 6.92 Å². The van der Waals surface area contributed by atoms with Crippen LogP contribution in [0.4, 0.5) is 0 Å². The molecule has 0 saturated heterocycles. The number of nitrogens with one attached hydrogen (secondary N) is 1. The van der Waals surface area contributed by atoms with E-state index in [-0.39, 0.29) is 24.0 Å². The second-order valence-corrected chi connectivity index (χ2v) is 4.12. The molecule has 0 atom stereocenters. The predicted molar refractivity (Wildman–Crippen MR) is 90.4 cm³/mol. The zero-order valence-electron chi connectivity index (χ0n) is 11.4. The monoisotopic (exact) mass is 386 g/mol. The van der Waals surface area contributed by atoms with Crippen LogP contribution in [0.3, 0.4) is 0 Å². The Morgan fingerprint density at radius 3 is 3.00 bits per heavy atom. The number of rotatable bonds is 5. The normalized spacial score (nSPS) is 10.9. The molecule has 20 heavy (non-hydrogen) atoms. The minimum atomic E-state index is 0. The number of aliphatic imine (C=N–C) groups is 1. The highest BCUT2D eigenvalue weighted by molar-refractivity contribution is 14.0. The zero-order chi connectivity index (χ0) is 13.5. The summed E-state index contributed by atoms with van der Waals surface area (Å²) in [7, 11) is 0. The van der Waals surface area contributed by atoms with E-state index < -0.39 is 0 Å². The fourth-order valence-corrected chi connectivity index (χ4v) is 1.58. The van der Waals surface area contributed by atoms with Crippen LogP contribution in [0.5, 0.6) is 0 Å². The van der Waals surface area contributed by atoms with E-state index in [2.05, 4.69) is 27.2 Å². The largest absolute Gasteiger partial charge is 0.370 e. The van der Waals surface area contributed by atoms with Gasteiger partial charge in [-0.15, -0.1) is 24.0 Å². The molecule has 0 aliphatic carbocycles. The summed E-state index contributed by atoms with van der Waals surface area (Å²) in [5.74, 6) is 1.30. The number of hydrogen-bond donors (Lipinski definition) is 2. The Balaban J connectivity index is 0.00000200. The highest BCUT2D eigenvalue weighted by Crippen LogP contribution is 2.07. The molecule has 2 aromatic rings. The minimum Gasteiger partial charge on any atom is -0.370 e. The molecule has 0 spiro atoms. The second-order valence-electron chi connectivity index (χ2n) is 4.12. The van der Waals surface area contributed by atoms with E-state index in [9.17, 15) is 0 Å². The summed E-state index contributed by atoms with van der Waals surface area (Å²) in [4.78, 5) is 12.6. The van der Waals surface area contributed by atoms with E-state index in [0.29, 0.717) is 12.5 Å². The lowest BCUT2D eigenvalue weighted by Crippen LogP contribution is -2.32. The summed E-state index contributed by atoms with van der Waals surface area (Å²) < 4.78 is 1.85. The van der Waals surface area contributed by atoms with Gasteiger partial charge in [-0.3, -0.25) is 4.57 Å². The number of halogens is 1. The first-order chi connectivity index (χ1) is 9.29. The fourth-order valence-electron chi connectivity index (χ4n) is 1.58. The number of imidazole rings is 1. The lowest BCUT2D eigenvalue weighted by Gasteiger charge is -2.05. The van der Waals surface area contributed by atoms with Gasteiger partial charge in [0.15, 0.2) is 5.96 Å². The third-order valence-electron chi connectivity index (χ3n) is 2.57. The second kappa shape index (κ2) is 8.51. The standard InChI is InChI=1S/C13H18N6.HI/c1-2-4-17-13(14)18-9-11-3-5-16-12(8-11)19-7-6-15-10-19;/h3,5-8,10H,2,4,9H2,1H3,(H3,14,17,18);1H. The van der Waals surface area contributed by atoms with Crippen LogP contribution in [0.25, 0.3) is 5.82 Å². The molecule has 0 aromatic carbocycles. The quantitative estimate of drug-likeness (QED) is 0.466. The van der Waals surface area contributed by atoms with Gasteiger partial charge in [-0.05, 0) is 24.1 Å². The molecule has 3 N–H and O–H groups in total. The van der Waals surface area contributed by atoms with Crippen molar-refractivity contribution >= 4 is 29.9 Å². The van der Waals surface area contributed by atoms with Gasteiger partial charge >= 0.3 is 0 Å². The molecular weight excluding hydrogens is 367 g/mol.